The number of fused-ring (bicyclic) bond motifs is 6. The van der Waals surface area contributed by atoms with Gasteiger partial charge in [-0.25, -0.2) is 0 Å². The van der Waals surface area contributed by atoms with E-state index in [0.29, 0.717) is 17.9 Å². The molecular weight excluding hydrogens is 378 g/mol. The highest BCUT2D eigenvalue weighted by Gasteiger charge is 2.59. The minimum absolute atomic E-state index is 0.112. The Bertz CT molecular complexity index is 1080. The van der Waals surface area contributed by atoms with Crippen LogP contribution in [0.2, 0.25) is 0 Å². The number of phenolic OH excluding ortho intramolecular Hbond substituents is 1. The summed E-state index contributed by atoms with van der Waals surface area (Å²) in [4.78, 5) is 28.4. The van der Waals surface area contributed by atoms with Gasteiger partial charge in [0.05, 0.1) is 17.5 Å². The number of allylic oxidation sites excluding steroid dienone is 1. The van der Waals surface area contributed by atoms with Crippen LogP contribution in [0.5, 0.6) is 11.5 Å². The lowest BCUT2D eigenvalue weighted by Gasteiger charge is -2.46. The Kier molecular flexibility index (Phi) is 3.67. The quantitative estimate of drug-likeness (QED) is 0.571. The average molecular weight is 401 g/mol. The number of rotatable bonds is 1. The van der Waals surface area contributed by atoms with E-state index in [1.165, 1.54) is 4.90 Å². The molecule has 2 aromatic rings. The van der Waals surface area contributed by atoms with Gasteiger partial charge in [-0.1, -0.05) is 30.3 Å². The van der Waals surface area contributed by atoms with E-state index in [0.717, 1.165) is 36.8 Å². The molecule has 2 aromatic carbocycles. The van der Waals surface area contributed by atoms with Gasteiger partial charge in [-0.05, 0) is 55.9 Å². The Hall–Kier alpha value is -3.08. The highest BCUT2D eigenvalue weighted by molar-refractivity contribution is 6.22. The molecule has 152 valence electrons. The number of carbonyl (C=O) groups is 2. The lowest BCUT2D eigenvalue weighted by molar-refractivity contribution is -0.122. The molecule has 2 heterocycles. The van der Waals surface area contributed by atoms with Crippen molar-refractivity contribution in [1.29, 1.82) is 0 Å². The standard InChI is InChI=1S/C25H23NO4/c27-16-8-9-17-20(14-16)30-25(12-4-5-13-25)19-11-10-18-22(21(17)19)24(29)26(23(18)28)15-6-2-1-3-7-15/h1-3,6-9,11,14,18,21-22,27H,4-5,10,12-13H2/t18-,21+,22-/m1/s1. The van der Waals surface area contributed by atoms with Crippen LogP contribution in [0.25, 0.3) is 0 Å². The Balaban J connectivity index is 1.51. The third-order valence-electron chi connectivity index (χ3n) is 7.35. The summed E-state index contributed by atoms with van der Waals surface area (Å²) in [7, 11) is 0. The van der Waals surface area contributed by atoms with Gasteiger partial charge < -0.3 is 9.84 Å². The predicted octanol–water partition coefficient (Wildman–Crippen LogP) is 4.32. The number of para-hydroxylation sites is 1. The zero-order chi connectivity index (χ0) is 20.5. The summed E-state index contributed by atoms with van der Waals surface area (Å²) >= 11 is 0. The molecule has 5 nitrogen and oxygen atoms in total. The van der Waals surface area contributed by atoms with Gasteiger partial charge in [0.2, 0.25) is 11.8 Å². The molecule has 5 heteroatoms. The molecule has 2 aliphatic carbocycles. The minimum atomic E-state index is -0.428. The van der Waals surface area contributed by atoms with E-state index in [-0.39, 0.29) is 29.4 Å². The number of benzene rings is 2. The van der Waals surface area contributed by atoms with Crippen molar-refractivity contribution < 1.29 is 19.4 Å². The first-order valence-electron chi connectivity index (χ1n) is 10.7. The molecule has 1 saturated carbocycles. The van der Waals surface area contributed by atoms with Crippen molar-refractivity contribution in [3.05, 3.63) is 65.7 Å². The monoisotopic (exact) mass is 401 g/mol. The first kappa shape index (κ1) is 17.8. The first-order valence-corrected chi connectivity index (χ1v) is 10.7. The van der Waals surface area contributed by atoms with Crippen molar-refractivity contribution in [2.75, 3.05) is 4.90 Å². The largest absolute Gasteiger partial charge is 0.508 e. The molecular formula is C25H23NO4. The Morgan fingerprint density at radius 2 is 1.77 bits per heavy atom. The molecule has 1 saturated heterocycles. The smallest absolute Gasteiger partial charge is 0.238 e. The second kappa shape index (κ2) is 6.21. The molecule has 6 rings (SSSR count). The molecule has 1 spiro atoms. The predicted molar refractivity (Wildman–Crippen MR) is 111 cm³/mol. The molecule has 0 aromatic heterocycles. The summed E-state index contributed by atoms with van der Waals surface area (Å²) < 4.78 is 6.51. The fraction of sp³-hybridized carbons (Fsp3) is 0.360. The summed E-state index contributed by atoms with van der Waals surface area (Å²) in [5.74, 6) is -0.400. The molecule has 2 aliphatic heterocycles. The number of hydrogen-bond acceptors (Lipinski definition) is 4. The van der Waals surface area contributed by atoms with Crippen LogP contribution in [-0.4, -0.2) is 22.5 Å². The third kappa shape index (κ3) is 2.29. The number of ether oxygens (including phenoxy) is 1. The minimum Gasteiger partial charge on any atom is -0.508 e. The second-order valence-electron chi connectivity index (χ2n) is 8.88. The highest BCUT2D eigenvalue weighted by Crippen LogP contribution is 2.59. The number of amides is 2. The number of phenols is 1. The summed E-state index contributed by atoms with van der Waals surface area (Å²) in [6, 6.07) is 14.4. The van der Waals surface area contributed by atoms with Crippen LogP contribution < -0.4 is 9.64 Å². The molecule has 0 bridgehead atoms. The average Bonchev–Trinajstić information content (AvgIpc) is 3.31. The van der Waals surface area contributed by atoms with Crippen molar-refractivity contribution in [3.8, 4) is 11.5 Å². The topological polar surface area (TPSA) is 66.8 Å². The zero-order valence-corrected chi connectivity index (χ0v) is 16.6. The molecule has 2 fully saturated rings. The molecule has 1 N–H and O–H groups in total. The molecule has 2 amide bonds. The van der Waals surface area contributed by atoms with Gasteiger partial charge in [0, 0.05) is 17.5 Å². The maximum absolute atomic E-state index is 13.7. The zero-order valence-electron chi connectivity index (χ0n) is 16.6. The van der Waals surface area contributed by atoms with Crippen LogP contribution in [0, 0.1) is 11.8 Å². The fourth-order valence-electron chi connectivity index (χ4n) is 6.08. The number of carbonyl (C=O) groups excluding carboxylic acids is 2. The number of anilines is 1. The van der Waals surface area contributed by atoms with Crippen LogP contribution in [0.3, 0.4) is 0 Å². The maximum atomic E-state index is 13.7. The van der Waals surface area contributed by atoms with E-state index in [1.807, 2.05) is 36.4 Å². The van der Waals surface area contributed by atoms with Gasteiger partial charge in [0.25, 0.3) is 0 Å². The summed E-state index contributed by atoms with van der Waals surface area (Å²) in [5, 5.41) is 10.1. The first-order chi connectivity index (χ1) is 14.6. The van der Waals surface area contributed by atoms with Crippen LogP contribution >= 0.6 is 0 Å². The maximum Gasteiger partial charge on any atom is 0.238 e. The van der Waals surface area contributed by atoms with Crippen molar-refractivity contribution in [1.82, 2.24) is 0 Å². The highest BCUT2D eigenvalue weighted by atomic mass is 16.5. The van der Waals surface area contributed by atoms with Crippen molar-refractivity contribution >= 4 is 17.5 Å². The molecule has 0 radical (unpaired) electrons. The lowest BCUT2D eigenvalue weighted by atomic mass is 9.64. The van der Waals surface area contributed by atoms with E-state index in [9.17, 15) is 14.7 Å². The van der Waals surface area contributed by atoms with Gasteiger partial charge in [-0.2, -0.15) is 0 Å². The van der Waals surface area contributed by atoms with Gasteiger partial charge in [-0.3, -0.25) is 14.5 Å². The summed E-state index contributed by atoms with van der Waals surface area (Å²) in [6.07, 6.45) is 6.72. The second-order valence-corrected chi connectivity index (χ2v) is 8.88. The Labute approximate surface area is 175 Å². The number of hydrogen-bond donors (Lipinski definition) is 1. The summed E-state index contributed by atoms with van der Waals surface area (Å²) in [5.41, 5.74) is 2.29. The van der Waals surface area contributed by atoms with E-state index < -0.39 is 11.5 Å². The molecule has 3 atom stereocenters. The number of imide groups is 1. The van der Waals surface area contributed by atoms with Gasteiger partial charge >= 0.3 is 0 Å². The van der Waals surface area contributed by atoms with Crippen molar-refractivity contribution in [3.63, 3.8) is 0 Å². The number of nitrogens with zero attached hydrogens (tertiary/aromatic N) is 1. The van der Waals surface area contributed by atoms with Gasteiger partial charge in [-0.15, -0.1) is 0 Å². The van der Waals surface area contributed by atoms with E-state index in [1.54, 1.807) is 12.1 Å². The van der Waals surface area contributed by atoms with Gasteiger partial charge in [0.15, 0.2) is 0 Å². The van der Waals surface area contributed by atoms with Crippen molar-refractivity contribution in [2.45, 2.75) is 43.6 Å². The van der Waals surface area contributed by atoms with Gasteiger partial charge in [0.1, 0.15) is 17.1 Å². The normalized spacial score (nSPS) is 28.6. The van der Waals surface area contributed by atoms with E-state index in [2.05, 4.69) is 6.08 Å². The van der Waals surface area contributed by atoms with E-state index in [4.69, 9.17) is 4.74 Å². The SMILES string of the molecule is O=C1[C@H]2[C@@H]3C(=CC[C@H]2C(=O)N1c1ccccc1)C1(CCCC1)Oc1cc(O)ccc13. The van der Waals surface area contributed by atoms with Crippen LogP contribution in [0.4, 0.5) is 5.69 Å². The van der Waals surface area contributed by atoms with Crippen LogP contribution in [-0.2, 0) is 9.59 Å². The molecule has 4 aliphatic rings. The van der Waals surface area contributed by atoms with E-state index >= 15 is 0 Å². The Morgan fingerprint density at radius 1 is 1.00 bits per heavy atom. The lowest BCUT2D eigenvalue weighted by Crippen LogP contribution is -2.46. The van der Waals surface area contributed by atoms with Crippen molar-refractivity contribution in [2.24, 2.45) is 11.8 Å². The van der Waals surface area contributed by atoms with Crippen LogP contribution in [0.1, 0.15) is 43.6 Å². The summed E-state index contributed by atoms with van der Waals surface area (Å²) in [6.45, 7) is 0. The van der Waals surface area contributed by atoms with Crippen LogP contribution in [0.15, 0.2) is 60.2 Å². The fourth-order valence-corrected chi connectivity index (χ4v) is 6.08. The third-order valence-corrected chi connectivity index (χ3v) is 7.35. The number of aromatic hydroxyl groups is 1. The molecule has 0 unspecified atom stereocenters. The molecule has 30 heavy (non-hydrogen) atoms. The Morgan fingerprint density at radius 3 is 2.53 bits per heavy atom.